The van der Waals surface area contributed by atoms with Crippen molar-refractivity contribution < 1.29 is 27.8 Å². The predicted octanol–water partition coefficient (Wildman–Crippen LogP) is 3.86. The van der Waals surface area contributed by atoms with Gasteiger partial charge in [0.25, 0.3) is 0 Å². The third-order valence-electron chi connectivity index (χ3n) is 8.56. The average molecular weight is 683 g/mol. The van der Waals surface area contributed by atoms with Crippen LogP contribution in [0.1, 0.15) is 51.9 Å². The van der Waals surface area contributed by atoms with Crippen molar-refractivity contribution in [3.63, 3.8) is 0 Å². The summed E-state index contributed by atoms with van der Waals surface area (Å²) in [4.78, 5) is 31.6. The van der Waals surface area contributed by atoms with Crippen LogP contribution in [0.2, 0.25) is 5.02 Å². The lowest BCUT2D eigenvalue weighted by atomic mass is 9.73. The Kier molecular flexibility index (Phi) is 9.82. The predicted molar refractivity (Wildman–Crippen MR) is 174 cm³/mol. The van der Waals surface area contributed by atoms with Crippen molar-refractivity contribution in [3.8, 4) is 0 Å². The van der Waals surface area contributed by atoms with E-state index in [2.05, 4.69) is 15.2 Å². The molecule has 0 aromatic carbocycles. The fourth-order valence-corrected chi connectivity index (χ4v) is 8.66. The minimum atomic E-state index is -3.04. The van der Waals surface area contributed by atoms with Gasteiger partial charge >= 0.3 is 6.09 Å². The van der Waals surface area contributed by atoms with E-state index in [4.69, 9.17) is 31.0 Å². The molecule has 1 amide bonds. The Balaban J connectivity index is 1.27. The highest BCUT2D eigenvalue weighted by molar-refractivity contribution is 7.99. The van der Waals surface area contributed by atoms with Crippen LogP contribution in [0.25, 0.3) is 0 Å². The summed E-state index contributed by atoms with van der Waals surface area (Å²) in [6.07, 6.45) is 3.91. The monoisotopic (exact) mass is 682 g/mol. The minimum absolute atomic E-state index is 0.0586. The van der Waals surface area contributed by atoms with E-state index in [1.807, 2.05) is 45.6 Å². The second kappa shape index (κ2) is 13.0. The molecule has 5 heterocycles. The first-order chi connectivity index (χ1) is 21.1. The number of alkyl carbamates (subject to hydrolysis) is 1. The van der Waals surface area contributed by atoms with Crippen LogP contribution in [0.4, 0.5) is 16.4 Å². The van der Waals surface area contributed by atoms with Crippen LogP contribution in [-0.4, -0.2) is 97.1 Å². The van der Waals surface area contributed by atoms with Crippen molar-refractivity contribution in [3.05, 3.63) is 28.7 Å². The van der Waals surface area contributed by atoms with Crippen LogP contribution in [0.15, 0.2) is 22.2 Å². The van der Waals surface area contributed by atoms with Crippen LogP contribution in [-0.2, 0) is 25.9 Å². The molecule has 0 unspecified atom stereocenters. The molecular weight excluding hydrogens is 640 g/mol. The summed E-state index contributed by atoms with van der Waals surface area (Å²) in [5.41, 5.74) is 0.383. The Morgan fingerprint density at radius 2 is 1.91 bits per heavy atom. The van der Waals surface area contributed by atoms with Crippen molar-refractivity contribution in [1.82, 2.24) is 20.3 Å². The number of aliphatic hydroxyl groups is 1. The molecule has 12 nitrogen and oxygen atoms in total. The highest BCUT2D eigenvalue weighted by Crippen LogP contribution is 2.44. The maximum absolute atomic E-state index is 12.6. The molecule has 45 heavy (non-hydrogen) atoms. The summed E-state index contributed by atoms with van der Waals surface area (Å²) >= 11 is 8.14. The Morgan fingerprint density at radius 3 is 2.53 bits per heavy atom. The molecular formula is C30H43ClN6O6S2. The van der Waals surface area contributed by atoms with Gasteiger partial charge in [-0.2, -0.15) is 0 Å². The van der Waals surface area contributed by atoms with Gasteiger partial charge in [-0.3, -0.25) is 0 Å². The number of anilines is 2. The molecule has 0 bridgehead atoms. The quantitative estimate of drug-likeness (QED) is 0.417. The van der Waals surface area contributed by atoms with Crippen LogP contribution in [0.3, 0.4) is 0 Å². The topological polar surface area (TPSA) is 147 Å². The molecule has 3 saturated heterocycles. The summed E-state index contributed by atoms with van der Waals surface area (Å²) < 4.78 is 34.9. The van der Waals surface area contributed by atoms with Crippen LogP contribution >= 0.6 is 23.4 Å². The van der Waals surface area contributed by atoms with Crippen molar-refractivity contribution in [1.29, 1.82) is 0 Å². The van der Waals surface area contributed by atoms with Crippen molar-refractivity contribution >= 4 is 50.9 Å². The number of carbonyl (C=O) groups excluding carboxylic acids is 1. The van der Waals surface area contributed by atoms with E-state index in [0.717, 1.165) is 17.7 Å². The van der Waals surface area contributed by atoms with Crippen LogP contribution in [0, 0.1) is 18.3 Å². The molecule has 2 aromatic heterocycles. The lowest BCUT2D eigenvalue weighted by Gasteiger charge is -2.43. The normalized spacial score (nSPS) is 22.0. The molecule has 0 saturated carbocycles. The van der Waals surface area contributed by atoms with Crippen LogP contribution < -0.4 is 15.1 Å². The molecule has 2 N–H and O–H groups in total. The SMILES string of the molecule is Cc1nc(N2CCC3(CC2)CO[C@@H](C)[C@H]3NC(=O)OC(C)(C)C)c(CO)nc1Sc1ccnc(N2CC(CS(C)(=O)=O)C2)c1Cl. The molecule has 3 aliphatic rings. The lowest BCUT2D eigenvalue weighted by Crippen LogP contribution is -2.55. The smallest absolute Gasteiger partial charge is 0.407 e. The van der Waals surface area contributed by atoms with E-state index in [0.29, 0.717) is 65.9 Å². The first-order valence-corrected chi connectivity index (χ1v) is 18.4. The first kappa shape index (κ1) is 34.0. The number of aryl methyl sites for hydroxylation is 1. The molecule has 3 fully saturated rings. The number of halogens is 1. The number of hydrogen-bond donors (Lipinski definition) is 2. The molecule has 15 heteroatoms. The average Bonchev–Trinajstić information content (AvgIpc) is 3.21. The Bertz CT molecular complexity index is 1520. The van der Waals surface area contributed by atoms with Crippen molar-refractivity contribution in [2.45, 2.75) is 81.7 Å². The van der Waals surface area contributed by atoms with Gasteiger partial charge in [-0.25, -0.2) is 28.2 Å². The second-order valence-electron chi connectivity index (χ2n) is 13.4. The molecule has 3 aliphatic heterocycles. The molecule has 5 rings (SSSR count). The Hall–Kier alpha value is -2.39. The maximum atomic E-state index is 12.6. The number of amides is 1. The van der Waals surface area contributed by atoms with E-state index in [1.54, 1.807) is 6.20 Å². The zero-order valence-corrected chi connectivity index (χ0v) is 29.1. The number of piperidine rings is 1. The summed E-state index contributed by atoms with van der Waals surface area (Å²) in [5.74, 6) is 1.47. The fraction of sp³-hybridized carbons (Fsp3) is 0.667. The van der Waals surface area contributed by atoms with Gasteiger partial charge in [-0.05, 0) is 53.5 Å². The van der Waals surface area contributed by atoms with Gasteiger partial charge < -0.3 is 29.7 Å². The van der Waals surface area contributed by atoms with Gasteiger partial charge in [0.05, 0.1) is 41.8 Å². The van der Waals surface area contributed by atoms with Gasteiger partial charge in [0.15, 0.2) is 5.82 Å². The molecule has 1 spiro atoms. The molecule has 2 atom stereocenters. The second-order valence-corrected chi connectivity index (χ2v) is 17.0. The zero-order valence-electron chi connectivity index (χ0n) is 26.7. The Morgan fingerprint density at radius 1 is 1.22 bits per heavy atom. The summed E-state index contributed by atoms with van der Waals surface area (Å²) in [6.45, 7) is 12.2. The van der Waals surface area contributed by atoms with Crippen LogP contribution in [0.5, 0.6) is 0 Å². The third kappa shape index (κ3) is 7.78. The number of pyridine rings is 1. The molecule has 0 radical (unpaired) electrons. The number of nitrogens with zero attached hydrogens (tertiary/aromatic N) is 5. The minimum Gasteiger partial charge on any atom is -0.444 e. The van der Waals surface area contributed by atoms with Gasteiger partial charge in [-0.1, -0.05) is 23.4 Å². The van der Waals surface area contributed by atoms with Gasteiger partial charge in [0.2, 0.25) is 0 Å². The van der Waals surface area contributed by atoms with E-state index in [9.17, 15) is 18.3 Å². The number of sulfone groups is 1. The van der Waals surface area contributed by atoms with E-state index in [1.165, 1.54) is 18.0 Å². The van der Waals surface area contributed by atoms with E-state index >= 15 is 0 Å². The molecule has 2 aromatic rings. The highest BCUT2D eigenvalue weighted by Gasteiger charge is 2.50. The maximum Gasteiger partial charge on any atom is 0.407 e. The standard InChI is InChI=1S/C30H43ClN6O6S2/c1-18-27(44-22-7-10-32-26(23(22)31)37-13-20(14-37)16-45(6,40)41)34-21(15-38)25(33-18)36-11-8-30(9-12-36)17-42-19(2)24(30)35-28(39)43-29(3,4)5/h7,10,19-20,24,38H,8-9,11-17H2,1-6H3,(H,35,39)/t19-,24+/m0/s1. The van der Waals surface area contributed by atoms with Crippen molar-refractivity contribution in [2.75, 3.05) is 54.6 Å². The first-order valence-electron chi connectivity index (χ1n) is 15.2. The summed E-state index contributed by atoms with van der Waals surface area (Å²) in [5, 5.41) is 14.5. The lowest BCUT2D eigenvalue weighted by molar-refractivity contribution is 0.0434. The third-order valence-corrected chi connectivity index (χ3v) is 11.3. The number of nitrogens with one attached hydrogen (secondary N) is 1. The number of carbonyl (C=O) groups is 1. The summed E-state index contributed by atoms with van der Waals surface area (Å²) in [7, 11) is -3.04. The van der Waals surface area contributed by atoms with Gasteiger partial charge in [0.1, 0.15) is 32.0 Å². The number of aromatic nitrogens is 3. The number of hydrogen-bond acceptors (Lipinski definition) is 12. The Labute approximate surface area is 274 Å². The molecule has 248 valence electrons. The highest BCUT2D eigenvalue weighted by atomic mass is 35.5. The van der Waals surface area contributed by atoms with E-state index < -0.39 is 21.5 Å². The largest absolute Gasteiger partial charge is 0.444 e. The fourth-order valence-electron chi connectivity index (χ4n) is 6.38. The zero-order chi connectivity index (χ0) is 32.7. The van der Waals surface area contributed by atoms with Gasteiger partial charge in [-0.15, -0.1) is 0 Å². The number of ether oxygens (including phenoxy) is 2. The van der Waals surface area contributed by atoms with E-state index in [-0.39, 0.29) is 35.8 Å². The number of aliphatic hydroxyl groups excluding tert-OH is 1. The summed E-state index contributed by atoms with van der Waals surface area (Å²) in [6, 6.07) is 1.64. The molecule has 0 aliphatic carbocycles. The number of rotatable bonds is 8. The van der Waals surface area contributed by atoms with Gasteiger partial charge in [0, 0.05) is 54.9 Å². The van der Waals surface area contributed by atoms with Crippen molar-refractivity contribution in [2.24, 2.45) is 11.3 Å².